The summed E-state index contributed by atoms with van der Waals surface area (Å²) >= 11 is 0. The molecule has 0 atom stereocenters. The Kier molecular flexibility index (Phi) is 7.94. The van der Waals surface area contributed by atoms with Crippen LogP contribution >= 0.6 is 21.6 Å². The van der Waals surface area contributed by atoms with Gasteiger partial charge in [-0.3, -0.25) is 9.59 Å². The van der Waals surface area contributed by atoms with Crippen LogP contribution in [0.4, 0.5) is 9.18 Å². The Bertz CT molecular complexity index is 1460. The number of aromatic amines is 1. The molecule has 2 heterocycles. The van der Waals surface area contributed by atoms with Gasteiger partial charge in [-0.2, -0.15) is 0 Å². The highest BCUT2D eigenvalue weighted by molar-refractivity contribution is 8.82. The van der Waals surface area contributed by atoms with Gasteiger partial charge in [-0.15, -0.1) is 0 Å². The van der Waals surface area contributed by atoms with Gasteiger partial charge in [0.2, 0.25) is 5.12 Å². The highest BCUT2D eigenvalue weighted by Gasteiger charge is 2.41. The van der Waals surface area contributed by atoms with Crippen LogP contribution in [0.2, 0.25) is 0 Å². The van der Waals surface area contributed by atoms with Crippen molar-refractivity contribution in [2.45, 2.75) is 57.7 Å². The van der Waals surface area contributed by atoms with E-state index in [4.69, 9.17) is 4.74 Å². The molecule has 3 aromatic rings. The molecule has 1 aromatic heterocycles. The average Bonchev–Trinajstić information content (AvgIpc) is 3.15. The van der Waals surface area contributed by atoms with E-state index in [1.54, 1.807) is 11.9 Å². The van der Waals surface area contributed by atoms with E-state index in [9.17, 15) is 18.8 Å². The standard InChI is InChI=1S/C30H34FN3O4S2/c1-29(2,3)27(36)39-40-30(11-5-12-30)17-38-28(37)34(4)16-18-6-8-19(9-7-18)25-21-10-13-32-26(35)22-14-20(31)15-23(33-25)24(21)22/h6-9,14-15,33H,5,10-13,16-17H2,1-4H3,(H,32,35). The molecule has 1 fully saturated rings. The first-order chi connectivity index (χ1) is 19.0. The van der Waals surface area contributed by atoms with E-state index in [0.717, 1.165) is 47.0 Å². The number of carbonyl (C=O) groups excluding carboxylic acids is 3. The number of benzene rings is 2. The number of nitrogens with zero attached hydrogens (tertiary/aromatic N) is 1. The van der Waals surface area contributed by atoms with Gasteiger partial charge in [0.1, 0.15) is 12.4 Å². The minimum absolute atomic E-state index is 0.126. The molecule has 0 spiro atoms. The number of halogens is 1. The molecule has 2 N–H and O–H groups in total. The second-order valence-corrected chi connectivity index (χ2v) is 14.3. The van der Waals surface area contributed by atoms with Crippen molar-refractivity contribution in [3.05, 3.63) is 58.9 Å². The molecule has 2 amide bonds. The number of rotatable bonds is 7. The minimum atomic E-state index is -0.455. The van der Waals surface area contributed by atoms with Gasteiger partial charge in [-0.1, -0.05) is 62.3 Å². The van der Waals surface area contributed by atoms with E-state index in [0.29, 0.717) is 30.6 Å². The molecule has 40 heavy (non-hydrogen) atoms. The van der Waals surface area contributed by atoms with E-state index in [1.807, 2.05) is 45.0 Å². The Morgan fingerprint density at radius 1 is 1.15 bits per heavy atom. The monoisotopic (exact) mass is 583 g/mol. The molecular formula is C30H34FN3O4S2. The van der Waals surface area contributed by atoms with Crippen LogP contribution in [0, 0.1) is 11.2 Å². The first-order valence-corrected chi connectivity index (χ1v) is 15.6. The average molecular weight is 584 g/mol. The fourth-order valence-corrected chi connectivity index (χ4v) is 8.15. The lowest BCUT2D eigenvalue weighted by atomic mass is 9.85. The van der Waals surface area contributed by atoms with Crippen LogP contribution in [0.25, 0.3) is 22.2 Å². The SMILES string of the molecule is CN(Cc1ccc(-c2[nH]c3cc(F)cc4c3c2CCNC4=O)cc1)C(=O)OCC1(SSC(=O)C(C)(C)C)CCC1. The van der Waals surface area contributed by atoms with Crippen molar-refractivity contribution in [2.75, 3.05) is 20.2 Å². The minimum Gasteiger partial charge on any atom is -0.448 e. The summed E-state index contributed by atoms with van der Waals surface area (Å²) < 4.78 is 19.7. The first-order valence-electron chi connectivity index (χ1n) is 13.5. The van der Waals surface area contributed by atoms with Crippen LogP contribution in [-0.2, 0) is 22.5 Å². The first kappa shape index (κ1) is 28.5. The molecule has 212 valence electrons. The van der Waals surface area contributed by atoms with Crippen molar-refractivity contribution >= 4 is 49.6 Å². The van der Waals surface area contributed by atoms with Gasteiger partial charge in [0.25, 0.3) is 5.91 Å². The summed E-state index contributed by atoms with van der Waals surface area (Å²) in [6.45, 7) is 6.87. The van der Waals surface area contributed by atoms with Crippen LogP contribution in [0.1, 0.15) is 61.5 Å². The van der Waals surface area contributed by atoms with E-state index < -0.39 is 17.3 Å². The highest BCUT2D eigenvalue weighted by Crippen LogP contribution is 2.51. The van der Waals surface area contributed by atoms with Crippen molar-refractivity contribution in [2.24, 2.45) is 5.41 Å². The Hall–Kier alpha value is -2.98. The van der Waals surface area contributed by atoms with Gasteiger partial charge < -0.3 is 19.9 Å². The predicted octanol–water partition coefficient (Wildman–Crippen LogP) is 6.71. The summed E-state index contributed by atoms with van der Waals surface area (Å²) in [4.78, 5) is 42.5. The summed E-state index contributed by atoms with van der Waals surface area (Å²) in [7, 11) is 4.52. The van der Waals surface area contributed by atoms with Crippen molar-refractivity contribution in [3.63, 3.8) is 0 Å². The van der Waals surface area contributed by atoms with Gasteiger partial charge in [0.05, 0.1) is 10.3 Å². The lowest BCUT2D eigenvalue weighted by molar-refractivity contribution is -0.117. The number of carbonyl (C=O) groups is 3. The third-order valence-corrected chi connectivity index (χ3v) is 11.0. The molecule has 0 radical (unpaired) electrons. The van der Waals surface area contributed by atoms with Crippen LogP contribution in [-0.4, -0.2) is 51.9 Å². The number of hydrogen-bond acceptors (Lipinski definition) is 6. The van der Waals surface area contributed by atoms with Gasteiger partial charge in [0, 0.05) is 42.1 Å². The van der Waals surface area contributed by atoms with Gasteiger partial charge in [-0.25, -0.2) is 9.18 Å². The molecule has 1 aliphatic heterocycles. The zero-order valence-corrected chi connectivity index (χ0v) is 24.8. The number of nitrogens with one attached hydrogen (secondary N) is 2. The van der Waals surface area contributed by atoms with Gasteiger partial charge in [-0.05, 0) is 58.9 Å². The number of ether oxygens (including phenoxy) is 1. The molecule has 2 aliphatic rings. The summed E-state index contributed by atoms with van der Waals surface area (Å²) in [6.07, 6.45) is 3.16. The van der Waals surface area contributed by atoms with E-state index in [-0.39, 0.29) is 22.4 Å². The zero-order chi connectivity index (χ0) is 28.7. The van der Waals surface area contributed by atoms with Crippen molar-refractivity contribution in [3.8, 4) is 11.3 Å². The maximum Gasteiger partial charge on any atom is 0.409 e. The van der Waals surface area contributed by atoms with Crippen molar-refractivity contribution in [1.29, 1.82) is 0 Å². The van der Waals surface area contributed by atoms with Crippen LogP contribution < -0.4 is 5.32 Å². The smallest absolute Gasteiger partial charge is 0.409 e. The highest BCUT2D eigenvalue weighted by atomic mass is 33.1. The molecule has 1 aliphatic carbocycles. The lowest BCUT2D eigenvalue weighted by Crippen LogP contribution is -2.40. The van der Waals surface area contributed by atoms with Crippen LogP contribution in [0.5, 0.6) is 0 Å². The Morgan fingerprint density at radius 3 is 2.52 bits per heavy atom. The Labute approximate surface area is 241 Å². The van der Waals surface area contributed by atoms with Crippen molar-refractivity contribution in [1.82, 2.24) is 15.2 Å². The largest absolute Gasteiger partial charge is 0.448 e. The molecule has 0 unspecified atom stereocenters. The topological polar surface area (TPSA) is 91.5 Å². The number of aromatic nitrogens is 1. The maximum absolute atomic E-state index is 14.2. The second kappa shape index (κ2) is 11.1. The molecule has 0 bridgehead atoms. The fourth-order valence-electron chi connectivity index (χ4n) is 4.93. The summed E-state index contributed by atoms with van der Waals surface area (Å²) in [5, 5.41) is 3.73. The molecule has 2 aromatic carbocycles. The molecule has 7 nitrogen and oxygen atoms in total. The second-order valence-electron chi connectivity index (χ2n) is 11.7. The van der Waals surface area contributed by atoms with Gasteiger partial charge >= 0.3 is 6.09 Å². The molecule has 1 saturated carbocycles. The fraction of sp³-hybridized carbons (Fsp3) is 0.433. The van der Waals surface area contributed by atoms with Crippen LogP contribution in [0.3, 0.4) is 0 Å². The summed E-state index contributed by atoms with van der Waals surface area (Å²) in [5.74, 6) is -0.721. The zero-order valence-electron chi connectivity index (χ0n) is 23.2. The van der Waals surface area contributed by atoms with E-state index in [2.05, 4.69) is 10.3 Å². The molecule has 5 rings (SSSR count). The van der Waals surface area contributed by atoms with Crippen molar-refractivity contribution < 1.29 is 23.5 Å². The summed E-state index contributed by atoms with van der Waals surface area (Å²) in [5.41, 5.74) is 4.26. The number of H-pyrrole nitrogens is 1. The Balaban J connectivity index is 1.23. The van der Waals surface area contributed by atoms with Gasteiger partial charge in [0.15, 0.2) is 0 Å². The third-order valence-electron chi connectivity index (χ3n) is 7.48. The molecular weight excluding hydrogens is 549 g/mol. The van der Waals surface area contributed by atoms with Crippen LogP contribution in [0.15, 0.2) is 36.4 Å². The molecule has 0 saturated heterocycles. The quantitative estimate of drug-likeness (QED) is 0.301. The van der Waals surface area contributed by atoms with E-state index >= 15 is 0 Å². The number of amides is 2. The third kappa shape index (κ3) is 5.88. The maximum atomic E-state index is 14.2. The van der Waals surface area contributed by atoms with E-state index in [1.165, 1.54) is 33.7 Å². The lowest BCUT2D eigenvalue weighted by Gasteiger charge is -2.40. The number of hydrogen-bond donors (Lipinski definition) is 2. The molecule has 10 heteroatoms. The predicted molar refractivity (Wildman–Crippen MR) is 159 cm³/mol. The normalized spacial score (nSPS) is 16.2. The summed E-state index contributed by atoms with van der Waals surface area (Å²) in [6, 6.07) is 10.6. The Morgan fingerprint density at radius 2 is 1.88 bits per heavy atom.